The fraction of sp³-hybridized carbons (Fsp3) is 0.500. The van der Waals surface area contributed by atoms with Crippen molar-refractivity contribution in [2.24, 2.45) is 5.73 Å². The summed E-state index contributed by atoms with van der Waals surface area (Å²) >= 11 is 1.69. The van der Waals surface area contributed by atoms with Gasteiger partial charge in [0.25, 0.3) is 0 Å². The highest BCUT2D eigenvalue weighted by Gasteiger charge is 2.13. The molecule has 0 spiro atoms. The molecule has 0 saturated heterocycles. The molecule has 0 saturated carbocycles. The minimum absolute atomic E-state index is 0.541. The van der Waals surface area contributed by atoms with Crippen molar-refractivity contribution in [1.82, 2.24) is 4.98 Å². The first-order valence-electron chi connectivity index (χ1n) is 4.84. The van der Waals surface area contributed by atoms with Crippen molar-refractivity contribution in [2.75, 3.05) is 18.0 Å². The second-order valence-corrected chi connectivity index (χ2v) is 4.42. The number of nitrogens with zero attached hydrogens (tertiary/aromatic N) is 2. The summed E-state index contributed by atoms with van der Waals surface area (Å²) in [5, 5.41) is 3.15. The van der Waals surface area contributed by atoms with Gasteiger partial charge in [0.15, 0.2) is 5.13 Å². The zero-order chi connectivity index (χ0) is 9.97. The van der Waals surface area contributed by atoms with Crippen LogP contribution < -0.4 is 10.6 Å². The lowest BCUT2D eigenvalue weighted by molar-refractivity contribution is 0.784. The smallest absolute Gasteiger partial charge is 0.185 e. The Morgan fingerprint density at radius 3 is 3.14 bits per heavy atom. The predicted octanol–water partition coefficient (Wildman–Crippen LogP) is 1.76. The lowest BCUT2D eigenvalue weighted by Crippen LogP contribution is -2.28. The van der Waals surface area contributed by atoms with E-state index in [-0.39, 0.29) is 0 Å². The third kappa shape index (κ3) is 1.96. The molecule has 3 nitrogen and oxygen atoms in total. The number of rotatable bonds is 2. The van der Waals surface area contributed by atoms with Gasteiger partial charge in [0.05, 0.1) is 5.69 Å². The van der Waals surface area contributed by atoms with Gasteiger partial charge in [-0.05, 0) is 13.3 Å². The van der Waals surface area contributed by atoms with Crippen LogP contribution in [-0.4, -0.2) is 18.1 Å². The van der Waals surface area contributed by atoms with Crippen LogP contribution in [0, 0.1) is 0 Å². The van der Waals surface area contributed by atoms with Gasteiger partial charge in [-0.2, -0.15) is 0 Å². The minimum Gasteiger partial charge on any atom is -0.344 e. The van der Waals surface area contributed by atoms with Gasteiger partial charge in [-0.1, -0.05) is 11.6 Å². The molecule has 0 fully saturated rings. The fourth-order valence-corrected chi connectivity index (χ4v) is 2.48. The van der Waals surface area contributed by atoms with Crippen molar-refractivity contribution in [3.63, 3.8) is 0 Å². The largest absolute Gasteiger partial charge is 0.344 e. The first kappa shape index (κ1) is 9.68. The maximum atomic E-state index is 5.53. The normalized spacial score (nSPS) is 17.0. The standard InChI is InChI=1S/C10H15N3S/c1-8-3-2-4-13(6-8)10-12-9(5-11)7-14-10/h3,7H,2,4-6,11H2,1H3. The van der Waals surface area contributed by atoms with Gasteiger partial charge in [-0.25, -0.2) is 4.98 Å². The zero-order valence-electron chi connectivity index (χ0n) is 8.36. The van der Waals surface area contributed by atoms with Crippen LogP contribution in [-0.2, 0) is 6.54 Å². The Morgan fingerprint density at radius 1 is 1.64 bits per heavy atom. The average Bonchev–Trinajstić information content (AvgIpc) is 2.66. The minimum atomic E-state index is 0.541. The van der Waals surface area contributed by atoms with Crippen molar-refractivity contribution in [3.8, 4) is 0 Å². The van der Waals surface area contributed by atoms with Crippen LogP contribution in [0.15, 0.2) is 17.0 Å². The lowest BCUT2D eigenvalue weighted by atomic mass is 10.1. The predicted molar refractivity (Wildman–Crippen MR) is 60.6 cm³/mol. The van der Waals surface area contributed by atoms with E-state index >= 15 is 0 Å². The van der Waals surface area contributed by atoms with Crippen LogP contribution in [0.1, 0.15) is 19.0 Å². The van der Waals surface area contributed by atoms with Crippen molar-refractivity contribution >= 4 is 16.5 Å². The average molecular weight is 209 g/mol. The molecule has 0 atom stereocenters. The lowest BCUT2D eigenvalue weighted by Gasteiger charge is -2.25. The topological polar surface area (TPSA) is 42.2 Å². The number of hydrogen-bond donors (Lipinski definition) is 1. The van der Waals surface area contributed by atoms with Gasteiger partial charge in [-0.15, -0.1) is 11.3 Å². The monoisotopic (exact) mass is 209 g/mol. The molecule has 1 aliphatic heterocycles. The van der Waals surface area contributed by atoms with Gasteiger partial charge in [0.2, 0.25) is 0 Å². The van der Waals surface area contributed by atoms with Gasteiger partial charge in [-0.3, -0.25) is 0 Å². The summed E-state index contributed by atoms with van der Waals surface area (Å²) in [5.74, 6) is 0. The fourth-order valence-electron chi connectivity index (χ4n) is 1.61. The van der Waals surface area contributed by atoms with E-state index in [1.54, 1.807) is 11.3 Å². The molecule has 1 aromatic heterocycles. The Bertz CT molecular complexity index is 343. The van der Waals surface area contributed by atoms with Crippen LogP contribution in [0.2, 0.25) is 0 Å². The van der Waals surface area contributed by atoms with E-state index in [1.807, 2.05) is 5.38 Å². The van der Waals surface area contributed by atoms with E-state index in [1.165, 1.54) is 5.57 Å². The van der Waals surface area contributed by atoms with E-state index in [2.05, 4.69) is 22.9 Å². The number of anilines is 1. The van der Waals surface area contributed by atoms with Gasteiger partial charge in [0.1, 0.15) is 0 Å². The first-order valence-corrected chi connectivity index (χ1v) is 5.72. The summed E-state index contributed by atoms with van der Waals surface area (Å²) in [5.41, 5.74) is 7.96. The van der Waals surface area contributed by atoms with Crippen molar-refractivity contribution in [3.05, 3.63) is 22.7 Å². The summed E-state index contributed by atoms with van der Waals surface area (Å²) in [6, 6.07) is 0. The van der Waals surface area contributed by atoms with E-state index < -0.39 is 0 Å². The van der Waals surface area contributed by atoms with Gasteiger partial charge >= 0.3 is 0 Å². The van der Waals surface area contributed by atoms with Crippen LogP contribution in [0.4, 0.5) is 5.13 Å². The zero-order valence-corrected chi connectivity index (χ0v) is 9.18. The summed E-state index contributed by atoms with van der Waals surface area (Å²) < 4.78 is 0. The maximum absolute atomic E-state index is 5.53. The molecule has 0 radical (unpaired) electrons. The highest BCUT2D eigenvalue weighted by molar-refractivity contribution is 7.13. The van der Waals surface area contributed by atoms with Crippen LogP contribution >= 0.6 is 11.3 Å². The Hall–Kier alpha value is -0.870. The molecule has 0 amide bonds. The SMILES string of the molecule is CC1=CCCN(c2nc(CN)cs2)C1. The summed E-state index contributed by atoms with van der Waals surface area (Å²) in [7, 11) is 0. The molecule has 2 heterocycles. The van der Waals surface area contributed by atoms with Crippen molar-refractivity contribution in [2.45, 2.75) is 19.9 Å². The molecule has 0 aromatic carbocycles. The quantitative estimate of drug-likeness (QED) is 0.755. The molecule has 1 aromatic rings. The van der Waals surface area contributed by atoms with Crippen LogP contribution in [0.25, 0.3) is 0 Å². The van der Waals surface area contributed by atoms with Crippen molar-refractivity contribution < 1.29 is 0 Å². The highest BCUT2D eigenvalue weighted by atomic mass is 32.1. The Morgan fingerprint density at radius 2 is 2.50 bits per heavy atom. The maximum Gasteiger partial charge on any atom is 0.185 e. The number of hydrogen-bond acceptors (Lipinski definition) is 4. The third-order valence-corrected chi connectivity index (χ3v) is 3.30. The van der Waals surface area contributed by atoms with Crippen LogP contribution in [0.5, 0.6) is 0 Å². The number of thiazole rings is 1. The highest BCUT2D eigenvalue weighted by Crippen LogP contribution is 2.23. The molecule has 0 unspecified atom stereocenters. The summed E-state index contributed by atoms with van der Waals surface area (Å²) in [6.45, 7) is 4.80. The molecule has 2 N–H and O–H groups in total. The number of aromatic nitrogens is 1. The van der Waals surface area contributed by atoms with E-state index in [0.29, 0.717) is 6.54 Å². The molecule has 4 heteroatoms. The Kier molecular flexibility index (Phi) is 2.84. The van der Waals surface area contributed by atoms with E-state index in [4.69, 9.17) is 5.73 Å². The molecular formula is C10H15N3S. The van der Waals surface area contributed by atoms with Gasteiger partial charge < -0.3 is 10.6 Å². The molecular weight excluding hydrogens is 194 g/mol. The molecule has 1 aliphatic rings. The third-order valence-electron chi connectivity index (χ3n) is 2.35. The van der Waals surface area contributed by atoms with E-state index in [9.17, 15) is 0 Å². The second kappa shape index (κ2) is 4.11. The Labute approximate surface area is 88.3 Å². The summed E-state index contributed by atoms with van der Waals surface area (Å²) in [6.07, 6.45) is 3.43. The number of nitrogens with two attached hydrogens (primary N) is 1. The second-order valence-electron chi connectivity index (χ2n) is 3.59. The van der Waals surface area contributed by atoms with E-state index in [0.717, 1.165) is 30.3 Å². The Balaban J connectivity index is 2.11. The molecule has 2 rings (SSSR count). The first-order chi connectivity index (χ1) is 6.79. The molecule has 0 bridgehead atoms. The molecule has 14 heavy (non-hydrogen) atoms. The summed E-state index contributed by atoms with van der Waals surface area (Å²) in [4.78, 5) is 6.80. The molecule has 0 aliphatic carbocycles. The van der Waals surface area contributed by atoms with Gasteiger partial charge in [0, 0.05) is 25.0 Å². The van der Waals surface area contributed by atoms with Crippen LogP contribution in [0.3, 0.4) is 0 Å². The van der Waals surface area contributed by atoms with Crippen molar-refractivity contribution in [1.29, 1.82) is 0 Å². The molecule has 76 valence electrons.